The zero-order valence-corrected chi connectivity index (χ0v) is 22.6. The van der Waals surface area contributed by atoms with Gasteiger partial charge in [-0.2, -0.15) is 0 Å². The second-order valence-electron chi connectivity index (χ2n) is 10.6. The summed E-state index contributed by atoms with van der Waals surface area (Å²) in [5.41, 5.74) is 1.44. The highest BCUT2D eigenvalue weighted by Crippen LogP contribution is 2.41. The Morgan fingerprint density at radius 3 is 1.80 bits per heavy atom. The largest absolute Gasteiger partial charge is 0.385 e. The number of carbonyl (C=O) groups is 1. The summed E-state index contributed by atoms with van der Waals surface area (Å²) in [4.78, 5) is 28.5. The number of carbonyl (C=O) groups excluding carboxylic acids is 1. The summed E-state index contributed by atoms with van der Waals surface area (Å²) in [6.07, 6.45) is 3.94. The number of piperidine rings is 1. The maximum absolute atomic E-state index is 14.5. The molecule has 2 aliphatic rings. The van der Waals surface area contributed by atoms with Gasteiger partial charge in [-0.15, -0.1) is 0 Å². The van der Waals surface area contributed by atoms with Gasteiger partial charge in [0.1, 0.15) is 5.69 Å². The summed E-state index contributed by atoms with van der Waals surface area (Å²) in [7, 11) is 0. The highest BCUT2D eigenvalue weighted by atomic mass is 16.3. The zero-order chi connectivity index (χ0) is 27.4. The van der Waals surface area contributed by atoms with Crippen molar-refractivity contribution in [2.45, 2.75) is 30.4 Å². The van der Waals surface area contributed by atoms with Crippen molar-refractivity contribution in [3.63, 3.8) is 0 Å². The minimum Gasteiger partial charge on any atom is -0.385 e. The maximum Gasteiger partial charge on any atom is 0.265 e. The van der Waals surface area contributed by atoms with E-state index in [1.165, 1.54) is 0 Å². The van der Waals surface area contributed by atoms with Crippen LogP contribution < -0.4 is 0 Å². The lowest BCUT2D eigenvalue weighted by molar-refractivity contribution is -0.130. The molecule has 0 unspecified atom stereocenters. The summed E-state index contributed by atoms with van der Waals surface area (Å²) in [5, 5.41) is 11.2. The average molecular weight is 531 g/mol. The van der Waals surface area contributed by atoms with E-state index in [4.69, 9.17) is 4.99 Å². The van der Waals surface area contributed by atoms with Crippen LogP contribution in [0.15, 0.2) is 120 Å². The monoisotopic (exact) mass is 530 g/mol. The van der Waals surface area contributed by atoms with Crippen LogP contribution in [0.3, 0.4) is 0 Å². The van der Waals surface area contributed by atoms with Gasteiger partial charge < -0.3 is 10.0 Å². The number of rotatable bonds is 8. The lowest BCUT2D eigenvalue weighted by Gasteiger charge is -2.38. The number of amidine groups is 1. The van der Waals surface area contributed by atoms with Gasteiger partial charge in [0, 0.05) is 25.8 Å². The smallest absolute Gasteiger partial charge is 0.265 e. The molecular formula is C34H34N4O2. The SMILES string of the molecule is O=C1N(CCCN2CCC(O)(c3ccccc3)CC2)C(c2ccccn2)=NC1(c1ccccc1)c1ccccc1. The Kier molecular flexibility index (Phi) is 7.29. The Morgan fingerprint density at radius 2 is 1.25 bits per heavy atom. The number of benzene rings is 3. The molecule has 0 atom stereocenters. The fraction of sp³-hybridized carbons (Fsp3) is 0.265. The molecular weight excluding hydrogens is 496 g/mol. The summed E-state index contributed by atoms with van der Waals surface area (Å²) in [6, 6.07) is 35.4. The fourth-order valence-corrected chi connectivity index (χ4v) is 5.99. The van der Waals surface area contributed by atoms with E-state index in [2.05, 4.69) is 9.88 Å². The van der Waals surface area contributed by atoms with Gasteiger partial charge in [-0.3, -0.25) is 14.7 Å². The number of likely N-dealkylation sites (tertiary alicyclic amines) is 1. The van der Waals surface area contributed by atoms with Crippen LogP contribution in [0, 0.1) is 0 Å². The third kappa shape index (κ3) is 4.85. The van der Waals surface area contributed by atoms with Crippen LogP contribution >= 0.6 is 0 Å². The normalized spacial score (nSPS) is 18.5. The van der Waals surface area contributed by atoms with Crippen molar-refractivity contribution >= 4 is 11.7 Å². The molecule has 1 N–H and O–H groups in total. The van der Waals surface area contributed by atoms with Crippen LogP contribution in [-0.4, -0.2) is 57.8 Å². The first-order valence-corrected chi connectivity index (χ1v) is 14.0. The second-order valence-corrected chi connectivity index (χ2v) is 10.6. The molecule has 4 aromatic rings. The van der Waals surface area contributed by atoms with E-state index in [-0.39, 0.29) is 5.91 Å². The summed E-state index contributed by atoms with van der Waals surface area (Å²) in [5.74, 6) is 0.554. The number of pyridine rings is 1. The average Bonchev–Trinajstić information content (AvgIpc) is 3.32. The van der Waals surface area contributed by atoms with Crippen LogP contribution in [-0.2, 0) is 15.9 Å². The van der Waals surface area contributed by atoms with Crippen molar-refractivity contribution in [1.82, 2.24) is 14.8 Å². The fourth-order valence-electron chi connectivity index (χ4n) is 5.99. The van der Waals surface area contributed by atoms with E-state index < -0.39 is 11.1 Å². The van der Waals surface area contributed by atoms with E-state index in [0.29, 0.717) is 30.9 Å². The number of hydrogen-bond acceptors (Lipinski definition) is 5. The number of aromatic nitrogens is 1. The number of hydrogen-bond donors (Lipinski definition) is 1. The van der Waals surface area contributed by atoms with Gasteiger partial charge in [0.25, 0.3) is 5.91 Å². The zero-order valence-electron chi connectivity index (χ0n) is 22.6. The van der Waals surface area contributed by atoms with Crippen molar-refractivity contribution in [2.24, 2.45) is 4.99 Å². The summed E-state index contributed by atoms with van der Waals surface area (Å²) >= 11 is 0. The lowest BCUT2D eigenvalue weighted by atomic mass is 9.83. The highest BCUT2D eigenvalue weighted by molar-refractivity contribution is 6.16. The third-order valence-corrected chi connectivity index (χ3v) is 8.21. The molecule has 0 saturated carbocycles. The molecule has 3 aromatic carbocycles. The minimum atomic E-state index is -1.16. The van der Waals surface area contributed by atoms with Gasteiger partial charge in [-0.05, 0) is 54.6 Å². The Bertz CT molecular complexity index is 1410. The molecule has 2 aliphatic heterocycles. The molecule has 1 fully saturated rings. The highest BCUT2D eigenvalue weighted by Gasteiger charge is 2.51. The molecule has 1 aromatic heterocycles. The predicted octanol–water partition coefficient (Wildman–Crippen LogP) is 4.99. The van der Waals surface area contributed by atoms with Crippen LogP contribution in [0.2, 0.25) is 0 Å². The Balaban J connectivity index is 1.23. The minimum absolute atomic E-state index is 0.0531. The lowest BCUT2D eigenvalue weighted by Crippen LogP contribution is -2.45. The molecule has 1 saturated heterocycles. The number of nitrogens with zero attached hydrogens (tertiary/aromatic N) is 4. The van der Waals surface area contributed by atoms with Crippen molar-refractivity contribution < 1.29 is 9.90 Å². The molecule has 202 valence electrons. The van der Waals surface area contributed by atoms with Crippen LogP contribution in [0.4, 0.5) is 0 Å². The molecule has 6 heteroatoms. The first kappa shape index (κ1) is 26.1. The molecule has 6 rings (SSSR count). The van der Waals surface area contributed by atoms with Gasteiger partial charge in [0.2, 0.25) is 0 Å². The molecule has 0 radical (unpaired) electrons. The van der Waals surface area contributed by atoms with Crippen molar-refractivity contribution in [2.75, 3.05) is 26.2 Å². The van der Waals surface area contributed by atoms with Crippen LogP contribution in [0.5, 0.6) is 0 Å². The van der Waals surface area contributed by atoms with Gasteiger partial charge >= 0.3 is 0 Å². The summed E-state index contributed by atoms with van der Waals surface area (Å²) < 4.78 is 0. The number of aliphatic imine (C=N–C) groups is 1. The van der Waals surface area contributed by atoms with Crippen molar-refractivity contribution in [3.8, 4) is 0 Å². The van der Waals surface area contributed by atoms with E-state index >= 15 is 0 Å². The Hall–Kier alpha value is -4.13. The Labute approximate surface area is 235 Å². The Morgan fingerprint density at radius 1 is 0.700 bits per heavy atom. The molecule has 0 bridgehead atoms. The maximum atomic E-state index is 14.5. The first-order valence-electron chi connectivity index (χ1n) is 14.0. The van der Waals surface area contributed by atoms with E-state index in [9.17, 15) is 9.90 Å². The van der Waals surface area contributed by atoms with Gasteiger partial charge in [-0.1, -0.05) is 97.1 Å². The molecule has 1 amide bonds. The van der Waals surface area contributed by atoms with Crippen molar-refractivity contribution in [1.29, 1.82) is 0 Å². The topological polar surface area (TPSA) is 69.0 Å². The number of amides is 1. The molecule has 6 nitrogen and oxygen atoms in total. The van der Waals surface area contributed by atoms with Gasteiger partial charge in [0.05, 0.1) is 5.60 Å². The summed E-state index contributed by atoms with van der Waals surface area (Å²) in [6.45, 7) is 3.01. The standard InChI is InChI=1S/C34H34N4O2/c39-32-34(28-15-6-2-7-16-28,29-17-8-3-9-18-29)36-31(30-19-10-11-22-35-30)38(32)24-12-23-37-25-20-33(40,21-26-37)27-13-4-1-5-14-27/h1-11,13-19,22,40H,12,20-21,23-26H2. The molecule has 0 aliphatic carbocycles. The predicted molar refractivity (Wildman–Crippen MR) is 157 cm³/mol. The van der Waals surface area contributed by atoms with E-state index in [1.54, 1.807) is 6.20 Å². The number of aliphatic hydroxyl groups is 1. The third-order valence-electron chi connectivity index (χ3n) is 8.21. The quantitative estimate of drug-likeness (QED) is 0.349. The first-order chi connectivity index (χ1) is 19.6. The van der Waals surface area contributed by atoms with E-state index in [0.717, 1.165) is 42.7 Å². The van der Waals surface area contributed by atoms with E-state index in [1.807, 2.05) is 114 Å². The van der Waals surface area contributed by atoms with Crippen LogP contribution in [0.25, 0.3) is 0 Å². The van der Waals surface area contributed by atoms with Crippen molar-refractivity contribution in [3.05, 3.63) is 138 Å². The van der Waals surface area contributed by atoms with Crippen LogP contribution in [0.1, 0.15) is 41.6 Å². The van der Waals surface area contributed by atoms with Gasteiger partial charge in [0.15, 0.2) is 11.4 Å². The molecule has 0 spiro atoms. The molecule has 40 heavy (non-hydrogen) atoms. The van der Waals surface area contributed by atoms with Gasteiger partial charge in [-0.25, -0.2) is 4.99 Å². The molecule has 3 heterocycles. The second kappa shape index (κ2) is 11.2.